The van der Waals surface area contributed by atoms with Crippen LogP contribution >= 0.6 is 0 Å². The van der Waals surface area contributed by atoms with Gasteiger partial charge in [0.25, 0.3) is 5.69 Å². The highest BCUT2D eigenvalue weighted by atomic mass is 16.7. The van der Waals surface area contributed by atoms with E-state index in [2.05, 4.69) is 44.2 Å². The average molecular weight is 580 g/mol. The molecule has 0 bridgehead atoms. The minimum Gasteiger partial charge on any atom is -0.459 e. The molecule has 7 nitrogen and oxygen atoms in total. The normalized spacial score (nSPS) is 24.7. The fraction of sp³-hybridized carbons (Fsp3) is 0.333. The second-order valence-electron chi connectivity index (χ2n) is 11.4. The van der Waals surface area contributed by atoms with Crippen molar-refractivity contribution in [2.75, 3.05) is 0 Å². The molecule has 43 heavy (non-hydrogen) atoms. The zero-order chi connectivity index (χ0) is 29.8. The smallest absolute Gasteiger partial charge is 0.270 e. The third kappa shape index (κ3) is 6.20. The van der Waals surface area contributed by atoms with Crippen LogP contribution < -0.4 is 4.74 Å². The van der Waals surface area contributed by atoms with E-state index < -0.39 is 11.9 Å². The number of nitrogens with zero attached hydrogens (tertiary/aromatic N) is 1. The quantitative estimate of drug-likeness (QED) is 0.148. The largest absolute Gasteiger partial charge is 0.459 e. The van der Waals surface area contributed by atoms with Gasteiger partial charge in [0.1, 0.15) is 11.9 Å². The van der Waals surface area contributed by atoms with Crippen molar-refractivity contribution in [1.82, 2.24) is 0 Å². The van der Waals surface area contributed by atoms with Gasteiger partial charge in [0.15, 0.2) is 0 Å². The van der Waals surface area contributed by atoms with E-state index in [0.717, 1.165) is 40.0 Å². The summed E-state index contributed by atoms with van der Waals surface area (Å²) >= 11 is 0. The van der Waals surface area contributed by atoms with Gasteiger partial charge in [0, 0.05) is 24.5 Å². The number of ether oxygens (including phenoxy) is 4. The fourth-order valence-corrected chi connectivity index (χ4v) is 6.29. The van der Waals surface area contributed by atoms with Crippen molar-refractivity contribution in [2.45, 2.75) is 70.4 Å². The minimum absolute atomic E-state index is 0.0666. The van der Waals surface area contributed by atoms with Crippen LogP contribution in [0.4, 0.5) is 5.69 Å². The Bertz CT molecular complexity index is 1540. The van der Waals surface area contributed by atoms with Gasteiger partial charge in [-0.3, -0.25) is 10.1 Å². The van der Waals surface area contributed by atoms with Crippen LogP contribution in [-0.4, -0.2) is 29.0 Å². The third-order valence-corrected chi connectivity index (χ3v) is 8.62. The second-order valence-corrected chi connectivity index (χ2v) is 11.4. The predicted molar refractivity (Wildman–Crippen MR) is 165 cm³/mol. The van der Waals surface area contributed by atoms with E-state index in [1.807, 2.05) is 54.6 Å². The summed E-state index contributed by atoms with van der Waals surface area (Å²) in [5.41, 5.74) is 4.99. The molecule has 0 unspecified atom stereocenters. The highest BCUT2D eigenvalue weighted by molar-refractivity contribution is 5.68. The predicted octanol–water partition coefficient (Wildman–Crippen LogP) is 7.90. The Morgan fingerprint density at radius 3 is 2.21 bits per heavy atom. The van der Waals surface area contributed by atoms with Gasteiger partial charge in [-0.05, 0) is 52.8 Å². The van der Waals surface area contributed by atoms with Crippen LogP contribution in [0, 0.1) is 16.0 Å². The topological polar surface area (TPSA) is 80.1 Å². The van der Waals surface area contributed by atoms with Crippen LogP contribution in [0.1, 0.15) is 43.4 Å². The maximum Gasteiger partial charge on any atom is 0.270 e. The van der Waals surface area contributed by atoms with E-state index in [-0.39, 0.29) is 28.7 Å². The number of aryl methyl sites for hydroxylation is 1. The Hall–Kier alpha value is -4.04. The molecule has 6 rings (SSSR count). The molecule has 0 radical (unpaired) electrons. The van der Waals surface area contributed by atoms with E-state index in [1.165, 1.54) is 6.07 Å². The number of hydrogen-bond acceptors (Lipinski definition) is 6. The van der Waals surface area contributed by atoms with Crippen LogP contribution in [0.15, 0.2) is 103 Å². The molecule has 2 aliphatic heterocycles. The lowest BCUT2D eigenvalue weighted by atomic mass is 9.81. The molecule has 1 saturated heterocycles. The first-order valence-electron chi connectivity index (χ1n) is 15.0. The van der Waals surface area contributed by atoms with Gasteiger partial charge < -0.3 is 18.9 Å². The number of benzene rings is 4. The lowest BCUT2D eigenvalue weighted by Gasteiger charge is -2.53. The van der Waals surface area contributed by atoms with E-state index >= 15 is 0 Å². The summed E-state index contributed by atoms with van der Waals surface area (Å²) in [6.07, 6.45) is 1.32. The van der Waals surface area contributed by atoms with E-state index in [0.29, 0.717) is 26.1 Å². The standard InChI is InChI=1S/C36H37NO6/c1-3-32-25(2)34(40-23-26-11-6-4-7-12-26)35(41-24-27-13-8-5-9-14-27)36(42-32)20-19-30-21-29(17-18-33(30)43-36)28-15-10-16-31(22-28)37(38)39/h4-18,21-22,25,32,34-35H,3,19-20,23-24H2,1-2H3/t25-,32-,34+,35+,36-/m1/s1. The highest BCUT2D eigenvalue weighted by Gasteiger charge is 2.57. The molecule has 1 spiro atoms. The molecule has 1 fully saturated rings. The zero-order valence-corrected chi connectivity index (χ0v) is 24.6. The summed E-state index contributed by atoms with van der Waals surface area (Å²) < 4.78 is 27.1. The van der Waals surface area contributed by atoms with Gasteiger partial charge in [-0.15, -0.1) is 0 Å². The molecule has 222 valence electrons. The van der Waals surface area contributed by atoms with E-state index in [9.17, 15) is 10.1 Å². The molecule has 0 saturated carbocycles. The lowest BCUT2D eigenvalue weighted by molar-refractivity contribution is -0.384. The van der Waals surface area contributed by atoms with Crippen molar-refractivity contribution in [3.63, 3.8) is 0 Å². The average Bonchev–Trinajstić information content (AvgIpc) is 3.05. The number of nitro groups is 1. The number of rotatable bonds is 9. The Kier molecular flexibility index (Phi) is 8.56. The number of fused-ring (bicyclic) bond motifs is 1. The van der Waals surface area contributed by atoms with Crippen LogP contribution in [0.25, 0.3) is 11.1 Å². The van der Waals surface area contributed by atoms with Crippen molar-refractivity contribution >= 4 is 5.69 Å². The number of nitro benzene ring substituents is 1. The van der Waals surface area contributed by atoms with Crippen molar-refractivity contribution in [2.24, 2.45) is 5.92 Å². The minimum atomic E-state index is -1.02. The molecule has 2 aliphatic rings. The molecule has 4 aromatic carbocycles. The summed E-state index contributed by atoms with van der Waals surface area (Å²) in [4.78, 5) is 11.0. The first-order valence-corrected chi connectivity index (χ1v) is 15.0. The highest BCUT2D eigenvalue weighted by Crippen LogP contribution is 2.46. The molecular weight excluding hydrogens is 542 g/mol. The summed E-state index contributed by atoms with van der Waals surface area (Å²) in [6, 6.07) is 33.0. The maximum atomic E-state index is 11.3. The summed E-state index contributed by atoms with van der Waals surface area (Å²) in [5, 5.41) is 11.3. The SMILES string of the molecule is CC[C@H]1O[C@@]2(CCc3cc(-c4cccc([N+](=O)[O-])c4)ccc3O2)[C@@H](OCc2ccccc2)[C@@H](OCc2ccccc2)[C@@H]1C. The Balaban J connectivity index is 1.32. The lowest BCUT2D eigenvalue weighted by Crippen LogP contribution is -2.66. The molecule has 5 atom stereocenters. The maximum absolute atomic E-state index is 11.3. The van der Waals surface area contributed by atoms with Gasteiger partial charge in [-0.25, -0.2) is 0 Å². The van der Waals surface area contributed by atoms with Crippen molar-refractivity contribution in [3.05, 3.63) is 130 Å². The summed E-state index contributed by atoms with van der Waals surface area (Å²) in [6.45, 7) is 5.19. The molecule has 0 amide bonds. The van der Waals surface area contributed by atoms with Gasteiger partial charge in [0.2, 0.25) is 5.79 Å². The Labute approximate surface area is 252 Å². The molecule has 2 heterocycles. The Morgan fingerprint density at radius 1 is 0.860 bits per heavy atom. The van der Waals surface area contributed by atoms with Crippen LogP contribution in [-0.2, 0) is 33.8 Å². The van der Waals surface area contributed by atoms with Gasteiger partial charge in [0.05, 0.1) is 30.3 Å². The van der Waals surface area contributed by atoms with Crippen molar-refractivity contribution in [3.8, 4) is 16.9 Å². The van der Waals surface area contributed by atoms with Crippen molar-refractivity contribution < 1.29 is 23.9 Å². The molecular formula is C36H37NO6. The Morgan fingerprint density at radius 2 is 1.53 bits per heavy atom. The molecule has 4 aromatic rings. The van der Waals surface area contributed by atoms with Crippen LogP contribution in [0.2, 0.25) is 0 Å². The second kappa shape index (κ2) is 12.7. The zero-order valence-electron chi connectivity index (χ0n) is 24.6. The van der Waals surface area contributed by atoms with Gasteiger partial charge >= 0.3 is 0 Å². The fourth-order valence-electron chi connectivity index (χ4n) is 6.29. The number of non-ortho nitro benzene ring substituents is 1. The van der Waals surface area contributed by atoms with Crippen LogP contribution in [0.5, 0.6) is 5.75 Å². The summed E-state index contributed by atoms with van der Waals surface area (Å²) in [5.74, 6) is -0.204. The van der Waals surface area contributed by atoms with Crippen molar-refractivity contribution in [1.29, 1.82) is 0 Å². The molecule has 0 aliphatic carbocycles. The number of hydrogen-bond donors (Lipinski definition) is 0. The molecule has 0 N–H and O–H groups in total. The summed E-state index contributed by atoms with van der Waals surface area (Å²) in [7, 11) is 0. The first-order chi connectivity index (χ1) is 21.0. The van der Waals surface area contributed by atoms with E-state index in [4.69, 9.17) is 18.9 Å². The van der Waals surface area contributed by atoms with E-state index in [1.54, 1.807) is 12.1 Å². The first kappa shape index (κ1) is 29.1. The van der Waals surface area contributed by atoms with Crippen LogP contribution in [0.3, 0.4) is 0 Å². The monoisotopic (exact) mass is 579 g/mol. The van der Waals surface area contributed by atoms with Gasteiger partial charge in [-0.2, -0.15) is 0 Å². The molecule has 0 aromatic heterocycles. The molecule has 7 heteroatoms. The third-order valence-electron chi connectivity index (χ3n) is 8.62. The van der Waals surface area contributed by atoms with Gasteiger partial charge in [-0.1, -0.05) is 92.7 Å².